The van der Waals surface area contributed by atoms with Crippen molar-refractivity contribution in [3.63, 3.8) is 0 Å². The molecule has 0 spiro atoms. The van der Waals surface area contributed by atoms with Gasteiger partial charge in [-0.1, -0.05) is 30.5 Å². The van der Waals surface area contributed by atoms with E-state index >= 15 is 0 Å². The van der Waals surface area contributed by atoms with E-state index in [2.05, 4.69) is 16.5 Å². The van der Waals surface area contributed by atoms with Gasteiger partial charge in [-0.15, -0.1) is 0 Å². The maximum atomic E-state index is 6.15. The van der Waals surface area contributed by atoms with Crippen molar-refractivity contribution < 1.29 is 0 Å². The van der Waals surface area contributed by atoms with E-state index in [1.165, 1.54) is 31.4 Å². The van der Waals surface area contributed by atoms with Gasteiger partial charge in [-0.25, -0.2) is 4.68 Å². The first-order valence-corrected chi connectivity index (χ1v) is 8.45. The third-order valence-electron chi connectivity index (χ3n) is 4.30. The van der Waals surface area contributed by atoms with Crippen LogP contribution in [0.15, 0.2) is 30.5 Å². The summed E-state index contributed by atoms with van der Waals surface area (Å²) in [5.74, 6) is 0.571. The number of aromatic nitrogens is 2. The molecule has 118 valence electrons. The first kappa shape index (κ1) is 15.4. The van der Waals surface area contributed by atoms with Crippen molar-refractivity contribution in [2.45, 2.75) is 38.0 Å². The Balaban J connectivity index is 1.94. The van der Waals surface area contributed by atoms with E-state index in [1.54, 1.807) is 0 Å². The van der Waals surface area contributed by atoms with Crippen LogP contribution in [0.5, 0.6) is 0 Å². The summed E-state index contributed by atoms with van der Waals surface area (Å²) in [4.78, 5) is 0. The fourth-order valence-corrected chi connectivity index (χ4v) is 3.41. The highest BCUT2D eigenvalue weighted by atomic mass is 35.5. The minimum absolute atomic E-state index is 0.571. The van der Waals surface area contributed by atoms with Crippen LogP contribution in [0.4, 0.5) is 5.69 Å². The van der Waals surface area contributed by atoms with Crippen LogP contribution in [0.1, 0.15) is 43.7 Å². The van der Waals surface area contributed by atoms with Crippen LogP contribution in [0.3, 0.4) is 0 Å². The lowest BCUT2D eigenvalue weighted by Gasteiger charge is -2.16. The lowest BCUT2D eigenvalue weighted by atomic mass is 10.0. The molecule has 0 unspecified atom stereocenters. The zero-order chi connectivity index (χ0) is 15.4. The van der Waals surface area contributed by atoms with Crippen molar-refractivity contribution in [1.82, 2.24) is 9.78 Å². The van der Waals surface area contributed by atoms with E-state index in [4.69, 9.17) is 17.3 Å². The summed E-state index contributed by atoms with van der Waals surface area (Å²) in [7, 11) is 0. The van der Waals surface area contributed by atoms with Crippen molar-refractivity contribution >= 4 is 17.3 Å². The lowest BCUT2D eigenvalue weighted by molar-refractivity contribution is 0.656. The predicted octanol–water partition coefficient (Wildman–Crippen LogP) is 3.94. The van der Waals surface area contributed by atoms with Crippen LogP contribution in [-0.2, 0) is 0 Å². The zero-order valence-corrected chi connectivity index (χ0v) is 13.5. The molecular formula is C17H23ClN4. The Labute approximate surface area is 136 Å². The Hall–Kier alpha value is -1.52. The molecule has 1 aliphatic rings. The van der Waals surface area contributed by atoms with Gasteiger partial charge in [0.25, 0.3) is 0 Å². The van der Waals surface area contributed by atoms with Crippen LogP contribution in [0.25, 0.3) is 5.69 Å². The topological polar surface area (TPSA) is 55.9 Å². The summed E-state index contributed by atoms with van der Waals surface area (Å²) < 4.78 is 2.05. The van der Waals surface area contributed by atoms with Crippen molar-refractivity contribution in [3.8, 4) is 5.69 Å². The van der Waals surface area contributed by atoms with Gasteiger partial charge in [0, 0.05) is 17.5 Å². The maximum absolute atomic E-state index is 6.15. The van der Waals surface area contributed by atoms with Gasteiger partial charge in [0.15, 0.2) is 0 Å². The summed E-state index contributed by atoms with van der Waals surface area (Å²) in [5, 5.41) is 8.85. The molecule has 1 aromatic heterocycles. The normalized spacial score (nSPS) is 15.4. The molecule has 0 atom stereocenters. The van der Waals surface area contributed by atoms with E-state index in [9.17, 15) is 0 Å². The molecule has 1 heterocycles. The van der Waals surface area contributed by atoms with E-state index in [1.807, 2.05) is 29.1 Å². The molecule has 0 bridgehead atoms. The minimum Gasteiger partial charge on any atom is -0.382 e. The number of nitrogens with one attached hydrogen (secondary N) is 1. The number of benzene rings is 1. The Morgan fingerprint density at radius 2 is 2.14 bits per heavy atom. The average molecular weight is 319 g/mol. The Morgan fingerprint density at radius 3 is 2.86 bits per heavy atom. The predicted molar refractivity (Wildman–Crippen MR) is 91.9 cm³/mol. The molecule has 0 aliphatic heterocycles. The Bertz CT molecular complexity index is 617. The number of hydrogen-bond donors (Lipinski definition) is 2. The highest BCUT2D eigenvalue weighted by molar-refractivity contribution is 6.30. The van der Waals surface area contributed by atoms with Crippen molar-refractivity contribution in [3.05, 3.63) is 41.2 Å². The van der Waals surface area contributed by atoms with E-state index < -0.39 is 0 Å². The van der Waals surface area contributed by atoms with Crippen molar-refractivity contribution in [2.24, 2.45) is 5.73 Å². The first-order valence-electron chi connectivity index (χ1n) is 8.07. The van der Waals surface area contributed by atoms with Gasteiger partial charge in [-0.2, -0.15) is 5.10 Å². The summed E-state index contributed by atoms with van der Waals surface area (Å²) in [5.41, 5.74) is 9.05. The van der Waals surface area contributed by atoms with Crippen molar-refractivity contribution in [1.29, 1.82) is 0 Å². The van der Waals surface area contributed by atoms with E-state index in [0.29, 0.717) is 12.5 Å². The standard InChI is InChI=1S/C17H23ClN4/c18-14-7-3-8-15(11-14)22-17(13-5-1-2-6-13)16(12-21-22)20-10-4-9-19/h3,7-8,11-13,20H,1-2,4-6,9-10,19H2. The second-order valence-corrected chi connectivity index (χ2v) is 6.32. The molecule has 0 radical (unpaired) electrons. The molecular weight excluding hydrogens is 296 g/mol. The van der Waals surface area contributed by atoms with Crippen molar-refractivity contribution in [2.75, 3.05) is 18.4 Å². The molecule has 22 heavy (non-hydrogen) atoms. The molecule has 0 saturated heterocycles. The van der Waals surface area contributed by atoms with Crippen LogP contribution < -0.4 is 11.1 Å². The molecule has 1 fully saturated rings. The SMILES string of the molecule is NCCCNc1cnn(-c2cccc(Cl)c2)c1C1CCCC1. The van der Waals surface area contributed by atoms with Crippen LogP contribution in [-0.4, -0.2) is 22.9 Å². The molecule has 0 amide bonds. The largest absolute Gasteiger partial charge is 0.382 e. The summed E-state index contributed by atoms with van der Waals surface area (Å²) in [6.07, 6.45) is 7.97. The molecule has 5 heteroatoms. The fourth-order valence-electron chi connectivity index (χ4n) is 3.22. The van der Waals surface area contributed by atoms with Gasteiger partial charge in [0.1, 0.15) is 0 Å². The summed E-state index contributed by atoms with van der Waals surface area (Å²) in [6.45, 7) is 1.59. The lowest BCUT2D eigenvalue weighted by Crippen LogP contribution is -2.11. The van der Waals surface area contributed by atoms with Gasteiger partial charge in [-0.05, 0) is 44.0 Å². The molecule has 1 aromatic carbocycles. The minimum atomic E-state index is 0.571. The average Bonchev–Trinajstić information content (AvgIpc) is 3.16. The fraction of sp³-hybridized carbons (Fsp3) is 0.471. The molecule has 1 saturated carbocycles. The summed E-state index contributed by atoms with van der Waals surface area (Å²) >= 11 is 6.15. The second kappa shape index (κ2) is 7.16. The van der Waals surface area contributed by atoms with Gasteiger partial charge < -0.3 is 11.1 Å². The molecule has 4 nitrogen and oxygen atoms in total. The zero-order valence-electron chi connectivity index (χ0n) is 12.8. The van der Waals surface area contributed by atoms with Gasteiger partial charge in [0.2, 0.25) is 0 Å². The highest BCUT2D eigenvalue weighted by Crippen LogP contribution is 2.39. The monoisotopic (exact) mass is 318 g/mol. The smallest absolute Gasteiger partial charge is 0.0766 e. The van der Waals surface area contributed by atoms with Crippen LogP contribution in [0, 0.1) is 0 Å². The number of halogens is 1. The van der Waals surface area contributed by atoms with E-state index in [0.717, 1.165) is 29.4 Å². The number of anilines is 1. The first-order chi connectivity index (χ1) is 10.8. The summed E-state index contributed by atoms with van der Waals surface area (Å²) in [6, 6.07) is 7.89. The number of rotatable bonds is 6. The Morgan fingerprint density at radius 1 is 1.32 bits per heavy atom. The quantitative estimate of drug-likeness (QED) is 0.793. The molecule has 1 aliphatic carbocycles. The third kappa shape index (κ3) is 3.28. The highest BCUT2D eigenvalue weighted by Gasteiger charge is 2.25. The van der Waals surface area contributed by atoms with Crippen LogP contribution in [0.2, 0.25) is 5.02 Å². The van der Waals surface area contributed by atoms with Crippen LogP contribution >= 0.6 is 11.6 Å². The maximum Gasteiger partial charge on any atom is 0.0766 e. The number of nitrogens with two attached hydrogens (primary N) is 1. The molecule has 3 rings (SSSR count). The molecule has 2 aromatic rings. The number of nitrogens with zero attached hydrogens (tertiary/aromatic N) is 2. The van der Waals surface area contributed by atoms with Gasteiger partial charge in [0.05, 0.1) is 23.3 Å². The second-order valence-electron chi connectivity index (χ2n) is 5.89. The third-order valence-corrected chi connectivity index (χ3v) is 4.53. The van der Waals surface area contributed by atoms with Gasteiger partial charge in [-0.3, -0.25) is 0 Å². The van der Waals surface area contributed by atoms with E-state index in [-0.39, 0.29) is 0 Å². The number of hydrogen-bond acceptors (Lipinski definition) is 3. The van der Waals surface area contributed by atoms with Gasteiger partial charge >= 0.3 is 0 Å². The molecule has 3 N–H and O–H groups in total. The Kier molecular flexibility index (Phi) is 5.01.